The fraction of sp³-hybridized carbons (Fsp3) is 0.600. The molecule has 6 heteroatoms. The Morgan fingerprint density at radius 2 is 2.04 bits per heavy atom. The molecule has 1 saturated carbocycles. The Hall–Kier alpha value is -1.31. The number of halogens is 1. The average Bonchev–Trinajstić information content (AvgIpc) is 3.28. The lowest BCUT2D eigenvalue weighted by Gasteiger charge is -2.18. The lowest BCUT2D eigenvalue weighted by atomic mass is 10.2. The standard InChI is InChI=1S/C20H30N4O.HI/c1-2-21-20(23-17-9-4-5-10-17)22-14-7-12-19(25)24-15-13-16-8-3-6-11-18(16)24;/h3,6,8,11,17H,2,4-5,7,9-10,12-15H2,1H3,(H2,21,22,23);1H. The maximum Gasteiger partial charge on any atom is 0.227 e. The molecule has 1 aromatic carbocycles. The van der Waals surface area contributed by atoms with Crippen molar-refractivity contribution in [3.8, 4) is 0 Å². The molecule has 2 aliphatic rings. The minimum Gasteiger partial charge on any atom is -0.357 e. The SMILES string of the molecule is CCNC(=NCCCC(=O)N1CCc2ccccc21)NC1CCCC1.I. The number of benzene rings is 1. The molecule has 0 saturated heterocycles. The molecular weight excluding hydrogens is 439 g/mol. The number of amides is 1. The van der Waals surface area contributed by atoms with Crippen LogP contribution in [-0.4, -0.2) is 37.5 Å². The molecule has 0 unspecified atom stereocenters. The topological polar surface area (TPSA) is 56.7 Å². The van der Waals surface area contributed by atoms with Crippen LogP contribution >= 0.6 is 24.0 Å². The second-order valence-corrected chi connectivity index (χ2v) is 6.91. The summed E-state index contributed by atoms with van der Waals surface area (Å²) in [6.07, 6.45) is 7.40. The molecule has 1 amide bonds. The van der Waals surface area contributed by atoms with Gasteiger partial charge in [-0.25, -0.2) is 0 Å². The summed E-state index contributed by atoms with van der Waals surface area (Å²) < 4.78 is 0. The van der Waals surface area contributed by atoms with E-state index in [1.807, 2.05) is 23.1 Å². The third kappa shape index (κ3) is 5.59. The summed E-state index contributed by atoms with van der Waals surface area (Å²) in [5.41, 5.74) is 2.37. The van der Waals surface area contributed by atoms with Crippen LogP contribution in [0.25, 0.3) is 0 Å². The van der Waals surface area contributed by atoms with Crippen LogP contribution in [0.5, 0.6) is 0 Å². The fourth-order valence-electron chi connectivity index (χ4n) is 3.74. The molecule has 5 nitrogen and oxygen atoms in total. The summed E-state index contributed by atoms with van der Waals surface area (Å²) in [4.78, 5) is 19.1. The average molecular weight is 470 g/mol. The van der Waals surface area contributed by atoms with Crippen molar-refractivity contribution in [2.75, 3.05) is 24.5 Å². The van der Waals surface area contributed by atoms with E-state index in [9.17, 15) is 4.79 Å². The Bertz CT molecular complexity index is 614. The van der Waals surface area contributed by atoms with Gasteiger partial charge in [-0.05, 0) is 44.2 Å². The van der Waals surface area contributed by atoms with Gasteiger partial charge in [0.15, 0.2) is 5.96 Å². The Kier molecular flexibility index (Phi) is 8.68. The number of hydrogen-bond acceptors (Lipinski definition) is 2. The second-order valence-electron chi connectivity index (χ2n) is 6.91. The molecule has 26 heavy (non-hydrogen) atoms. The number of nitrogens with one attached hydrogen (secondary N) is 2. The number of para-hydroxylation sites is 1. The van der Waals surface area contributed by atoms with E-state index in [-0.39, 0.29) is 29.9 Å². The van der Waals surface area contributed by atoms with Crippen molar-refractivity contribution in [3.05, 3.63) is 29.8 Å². The molecule has 3 rings (SSSR count). The molecular formula is C20H31IN4O. The number of anilines is 1. The largest absolute Gasteiger partial charge is 0.357 e. The van der Waals surface area contributed by atoms with Gasteiger partial charge < -0.3 is 15.5 Å². The summed E-state index contributed by atoms with van der Waals surface area (Å²) in [7, 11) is 0. The molecule has 1 fully saturated rings. The minimum absolute atomic E-state index is 0. The summed E-state index contributed by atoms with van der Waals surface area (Å²) >= 11 is 0. The molecule has 2 N–H and O–H groups in total. The van der Waals surface area contributed by atoms with Crippen LogP contribution in [0.15, 0.2) is 29.3 Å². The molecule has 1 aromatic rings. The Morgan fingerprint density at radius 3 is 2.81 bits per heavy atom. The van der Waals surface area contributed by atoms with E-state index in [1.54, 1.807) is 0 Å². The number of guanidine groups is 1. The highest BCUT2D eigenvalue weighted by atomic mass is 127. The van der Waals surface area contributed by atoms with Crippen LogP contribution in [-0.2, 0) is 11.2 Å². The molecule has 0 atom stereocenters. The van der Waals surface area contributed by atoms with Crippen LogP contribution in [0.2, 0.25) is 0 Å². The van der Waals surface area contributed by atoms with E-state index in [2.05, 4.69) is 28.6 Å². The highest BCUT2D eigenvalue weighted by molar-refractivity contribution is 14.0. The van der Waals surface area contributed by atoms with Crippen LogP contribution in [0.4, 0.5) is 5.69 Å². The predicted octanol–water partition coefficient (Wildman–Crippen LogP) is 3.47. The number of aliphatic imine (C=N–C) groups is 1. The number of carbonyl (C=O) groups excluding carboxylic acids is 1. The first-order valence-electron chi connectivity index (χ1n) is 9.71. The van der Waals surface area contributed by atoms with Gasteiger partial charge in [-0.3, -0.25) is 9.79 Å². The number of hydrogen-bond donors (Lipinski definition) is 2. The quantitative estimate of drug-likeness (QED) is 0.290. The summed E-state index contributed by atoms with van der Waals surface area (Å²) in [5.74, 6) is 1.11. The predicted molar refractivity (Wildman–Crippen MR) is 119 cm³/mol. The maximum absolute atomic E-state index is 12.5. The van der Waals surface area contributed by atoms with Gasteiger partial charge in [0.2, 0.25) is 5.91 Å². The Balaban J connectivity index is 0.00000243. The lowest BCUT2D eigenvalue weighted by Crippen LogP contribution is -2.42. The lowest BCUT2D eigenvalue weighted by molar-refractivity contribution is -0.118. The number of carbonyl (C=O) groups is 1. The normalized spacial score (nSPS) is 17.0. The summed E-state index contributed by atoms with van der Waals surface area (Å²) in [5, 5.41) is 6.83. The number of fused-ring (bicyclic) bond motifs is 1. The van der Waals surface area contributed by atoms with Gasteiger partial charge in [-0.1, -0.05) is 31.0 Å². The van der Waals surface area contributed by atoms with Gasteiger partial charge in [0.05, 0.1) is 0 Å². The van der Waals surface area contributed by atoms with Crippen molar-refractivity contribution in [3.63, 3.8) is 0 Å². The molecule has 0 aromatic heterocycles. The van der Waals surface area contributed by atoms with E-state index in [0.29, 0.717) is 19.0 Å². The molecule has 144 valence electrons. The van der Waals surface area contributed by atoms with Crippen molar-refractivity contribution in [2.24, 2.45) is 4.99 Å². The monoisotopic (exact) mass is 470 g/mol. The zero-order chi connectivity index (χ0) is 17.5. The van der Waals surface area contributed by atoms with E-state index >= 15 is 0 Å². The third-order valence-corrected chi connectivity index (χ3v) is 5.05. The van der Waals surface area contributed by atoms with Gasteiger partial charge in [0.1, 0.15) is 0 Å². The molecule has 0 bridgehead atoms. The molecule has 1 aliphatic carbocycles. The van der Waals surface area contributed by atoms with Gasteiger partial charge in [0, 0.05) is 37.8 Å². The van der Waals surface area contributed by atoms with Crippen molar-refractivity contribution in [1.29, 1.82) is 0 Å². The van der Waals surface area contributed by atoms with Crippen LogP contribution in [0.1, 0.15) is 51.0 Å². The molecule has 0 radical (unpaired) electrons. The van der Waals surface area contributed by atoms with Gasteiger partial charge >= 0.3 is 0 Å². The first-order chi connectivity index (χ1) is 12.3. The van der Waals surface area contributed by atoms with Crippen molar-refractivity contribution >= 4 is 41.5 Å². The van der Waals surface area contributed by atoms with Crippen LogP contribution in [0.3, 0.4) is 0 Å². The molecule has 1 aliphatic heterocycles. The zero-order valence-corrected chi connectivity index (χ0v) is 18.0. The first-order valence-corrected chi connectivity index (χ1v) is 9.71. The van der Waals surface area contributed by atoms with E-state index in [0.717, 1.165) is 37.6 Å². The van der Waals surface area contributed by atoms with Gasteiger partial charge in [0.25, 0.3) is 0 Å². The summed E-state index contributed by atoms with van der Waals surface area (Å²) in [6.45, 7) is 4.44. The highest BCUT2D eigenvalue weighted by Gasteiger charge is 2.23. The summed E-state index contributed by atoms with van der Waals surface area (Å²) in [6, 6.07) is 8.77. The van der Waals surface area contributed by atoms with E-state index in [4.69, 9.17) is 0 Å². The molecule has 1 heterocycles. The number of nitrogens with zero attached hydrogens (tertiary/aromatic N) is 2. The fourth-order valence-corrected chi connectivity index (χ4v) is 3.74. The Morgan fingerprint density at radius 1 is 1.27 bits per heavy atom. The smallest absolute Gasteiger partial charge is 0.227 e. The minimum atomic E-state index is 0. The van der Waals surface area contributed by atoms with Gasteiger partial charge in [-0.2, -0.15) is 0 Å². The van der Waals surface area contributed by atoms with Crippen molar-refractivity contribution < 1.29 is 4.79 Å². The van der Waals surface area contributed by atoms with Gasteiger partial charge in [-0.15, -0.1) is 24.0 Å². The second kappa shape index (κ2) is 10.7. The molecule has 0 spiro atoms. The van der Waals surface area contributed by atoms with Crippen LogP contribution < -0.4 is 15.5 Å². The Labute approximate surface area is 174 Å². The maximum atomic E-state index is 12.5. The number of rotatable bonds is 6. The van der Waals surface area contributed by atoms with Crippen molar-refractivity contribution in [2.45, 2.75) is 57.9 Å². The van der Waals surface area contributed by atoms with Crippen molar-refractivity contribution in [1.82, 2.24) is 10.6 Å². The first kappa shape index (κ1) is 21.0. The highest BCUT2D eigenvalue weighted by Crippen LogP contribution is 2.28. The van der Waals surface area contributed by atoms with E-state index in [1.165, 1.54) is 31.2 Å². The van der Waals surface area contributed by atoms with E-state index < -0.39 is 0 Å². The zero-order valence-electron chi connectivity index (χ0n) is 15.7. The third-order valence-electron chi connectivity index (χ3n) is 5.05. The van der Waals surface area contributed by atoms with Crippen LogP contribution in [0, 0.1) is 0 Å².